The predicted octanol–water partition coefficient (Wildman–Crippen LogP) is 5.40. The third-order valence-electron chi connectivity index (χ3n) is 4.41. The van der Waals surface area contributed by atoms with E-state index in [4.69, 9.17) is 9.47 Å². The smallest absolute Gasteiger partial charge is 0.228 e. The zero-order chi connectivity index (χ0) is 18.5. The molecule has 26 heavy (non-hydrogen) atoms. The van der Waals surface area contributed by atoms with Crippen molar-refractivity contribution in [1.29, 1.82) is 0 Å². The van der Waals surface area contributed by atoms with Gasteiger partial charge >= 0.3 is 0 Å². The van der Waals surface area contributed by atoms with Gasteiger partial charge in [0, 0.05) is 17.0 Å². The average Bonchev–Trinajstić information content (AvgIpc) is 2.67. The van der Waals surface area contributed by atoms with Gasteiger partial charge < -0.3 is 14.2 Å². The second-order valence-corrected chi connectivity index (χ2v) is 6.27. The lowest BCUT2D eigenvalue weighted by molar-refractivity contribution is -0.206. The number of rotatable bonds is 6. The van der Waals surface area contributed by atoms with Crippen LogP contribution in [0.1, 0.15) is 31.6 Å². The van der Waals surface area contributed by atoms with Gasteiger partial charge in [-0.25, -0.2) is 8.78 Å². The molecule has 2 aromatic rings. The van der Waals surface area contributed by atoms with Gasteiger partial charge in [0.25, 0.3) is 0 Å². The fourth-order valence-corrected chi connectivity index (χ4v) is 3.06. The van der Waals surface area contributed by atoms with Crippen molar-refractivity contribution in [3.63, 3.8) is 0 Å². The van der Waals surface area contributed by atoms with Gasteiger partial charge in [-0.05, 0) is 24.1 Å². The highest BCUT2D eigenvalue weighted by Crippen LogP contribution is 2.32. The lowest BCUT2D eigenvalue weighted by atomic mass is 10.0. The summed E-state index contributed by atoms with van der Waals surface area (Å²) in [4.78, 5) is 0. The van der Waals surface area contributed by atoms with Crippen molar-refractivity contribution < 1.29 is 27.4 Å². The standard InChI is InChI=1S/C20H21F3O3/c1-2-3-13-10-24-20(25-11-13)15-6-4-14(5-7-15)16-8-9-17(26-12-21)19(23)18(16)22/h4-9,13,20H,2-3,10-12H2,1H3. The van der Waals surface area contributed by atoms with E-state index in [2.05, 4.69) is 11.7 Å². The largest absolute Gasteiger partial charge is 0.460 e. The molecule has 2 aromatic carbocycles. The highest BCUT2D eigenvalue weighted by molar-refractivity contribution is 5.65. The number of halogens is 3. The molecule has 0 saturated carbocycles. The summed E-state index contributed by atoms with van der Waals surface area (Å²) in [6.45, 7) is 2.21. The zero-order valence-electron chi connectivity index (χ0n) is 14.5. The van der Waals surface area contributed by atoms with E-state index in [1.807, 2.05) is 0 Å². The first kappa shape index (κ1) is 18.7. The molecule has 0 bridgehead atoms. The second kappa shape index (κ2) is 8.56. The van der Waals surface area contributed by atoms with Gasteiger partial charge in [-0.1, -0.05) is 37.6 Å². The molecule has 0 aliphatic carbocycles. The molecule has 3 rings (SSSR count). The third-order valence-corrected chi connectivity index (χ3v) is 4.41. The van der Waals surface area contributed by atoms with Gasteiger partial charge in [0.15, 0.2) is 17.9 Å². The van der Waals surface area contributed by atoms with Crippen LogP contribution in [-0.4, -0.2) is 20.1 Å². The van der Waals surface area contributed by atoms with Crippen LogP contribution in [0.4, 0.5) is 13.2 Å². The molecule has 1 saturated heterocycles. The first-order chi connectivity index (χ1) is 12.6. The number of ether oxygens (including phenoxy) is 3. The van der Waals surface area contributed by atoms with E-state index in [0.717, 1.165) is 18.4 Å². The van der Waals surface area contributed by atoms with Crippen molar-refractivity contribution in [2.45, 2.75) is 26.1 Å². The number of alkyl halides is 1. The molecule has 0 radical (unpaired) electrons. The van der Waals surface area contributed by atoms with Crippen LogP contribution in [0.15, 0.2) is 36.4 Å². The Morgan fingerprint density at radius 1 is 1.00 bits per heavy atom. The average molecular weight is 366 g/mol. The molecule has 0 atom stereocenters. The van der Waals surface area contributed by atoms with Gasteiger partial charge in [0.2, 0.25) is 12.7 Å². The molecule has 1 fully saturated rings. The van der Waals surface area contributed by atoms with Gasteiger partial charge in [-0.15, -0.1) is 0 Å². The lowest BCUT2D eigenvalue weighted by Crippen LogP contribution is -2.26. The fraction of sp³-hybridized carbons (Fsp3) is 0.400. The molecule has 3 nitrogen and oxygen atoms in total. The molecular formula is C20H21F3O3. The molecule has 140 valence electrons. The lowest BCUT2D eigenvalue weighted by Gasteiger charge is -2.29. The van der Waals surface area contributed by atoms with Crippen LogP contribution in [0, 0.1) is 17.6 Å². The summed E-state index contributed by atoms with van der Waals surface area (Å²) in [5.41, 5.74) is 1.40. The van der Waals surface area contributed by atoms with Crippen LogP contribution in [0.25, 0.3) is 11.1 Å². The summed E-state index contributed by atoms with van der Waals surface area (Å²) in [5, 5.41) is 0. The highest BCUT2D eigenvalue weighted by Gasteiger charge is 2.23. The van der Waals surface area contributed by atoms with Gasteiger partial charge in [0.1, 0.15) is 0 Å². The minimum atomic E-state index is -1.22. The topological polar surface area (TPSA) is 27.7 Å². The number of hydrogen-bond donors (Lipinski definition) is 0. The minimum Gasteiger partial charge on any atom is -0.460 e. The Labute approximate surface area is 150 Å². The van der Waals surface area contributed by atoms with E-state index >= 15 is 0 Å². The Morgan fingerprint density at radius 2 is 1.69 bits per heavy atom. The molecule has 6 heteroatoms. The van der Waals surface area contributed by atoms with Gasteiger partial charge in [-0.2, -0.15) is 4.39 Å². The highest BCUT2D eigenvalue weighted by atomic mass is 19.2. The fourth-order valence-electron chi connectivity index (χ4n) is 3.06. The quantitative estimate of drug-likeness (QED) is 0.685. The van der Waals surface area contributed by atoms with Gasteiger partial charge in [-0.3, -0.25) is 0 Å². The van der Waals surface area contributed by atoms with Crippen molar-refractivity contribution in [1.82, 2.24) is 0 Å². The van der Waals surface area contributed by atoms with Crippen molar-refractivity contribution in [3.05, 3.63) is 53.6 Å². The molecule has 0 aromatic heterocycles. The van der Waals surface area contributed by atoms with Crippen LogP contribution in [0.2, 0.25) is 0 Å². The van der Waals surface area contributed by atoms with E-state index in [9.17, 15) is 13.2 Å². The number of hydrogen-bond acceptors (Lipinski definition) is 3. The van der Waals surface area contributed by atoms with Crippen molar-refractivity contribution in [3.8, 4) is 16.9 Å². The second-order valence-electron chi connectivity index (χ2n) is 6.27. The molecule has 1 aliphatic rings. The van der Waals surface area contributed by atoms with Crippen molar-refractivity contribution in [2.75, 3.05) is 20.1 Å². The summed E-state index contributed by atoms with van der Waals surface area (Å²) in [6.07, 6.45) is 1.71. The summed E-state index contributed by atoms with van der Waals surface area (Å²) in [6, 6.07) is 9.46. The van der Waals surface area contributed by atoms with E-state index < -0.39 is 30.5 Å². The van der Waals surface area contributed by atoms with Crippen LogP contribution >= 0.6 is 0 Å². The van der Waals surface area contributed by atoms with Crippen LogP contribution in [-0.2, 0) is 9.47 Å². The van der Waals surface area contributed by atoms with E-state index in [0.29, 0.717) is 24.7 Å². The molecular weight excluding hydrogens is 345 g/mol. The Bertz CT molecular complexity index is 726. The molecule has 0 spiro atoms. The van der Waals surface area contributed by atoms with Gasteiger partial charge in [0.05, 0.1) is 13.2 Å². The maximum atomic E-state index is 14.2. The van der Waals surface area contributed by atoms with E-state index in [-0.39, 0.29) is 5.56 Å². The minimum absolute atomic E-state index is 0.0775. The van der Waals surface area contributed by atoms with E-state index in [1.54, 1.807) is 24.3 Å². The first-order valence-electron chi connectivity index (χ1n) is 8.64. The SMILES string of the molecule is CCCC1COC(c2ccc(-c3ccc(OCF)c(F)c3F)cc2)OC1. The molecule has 1 heterocycles. The monoisotopic (exact) mass is 366 g/mol. The molecule has 0 unspecified atom stereocenters. The van der Waals surface area contributed by atoms with Crippen LogP contribution < -0.4 is 4.74 Å². The Morgan fingerprint density at radius 3 is 2.31 bits per heavy atom. The molecule has 0 amide bonds. The Kier molecular flexibility index (Phi) is 6.16. The van der Waals surface area contributed by atoms with E-state index in [1.165, 1.54) is 12.1 Å². The summed E-state index contributed by atoms with van der Waals surface area (Å²) >= 11 is 0. The maximum absolute atomic E-state index is 14.2. The van der Waals surface area contributed by atoms with Crippen LogP contribution in [0.3, 0.4) is 0 Å². The Balaban J connectivity index is 1.73. The molecule has 0 N–H and O–H groups in total. The summed E-state index contributed by atoms with van der Waals surface area (Å²) < 4.78 is 56.2. The first-order valence-corrected chi connectivity index (χ1v) is 8.64. The van der Waals surface area contributed by atoms with Crippen LogP contribution in [0.5, 0.6) is 5.75 Å². The molecule has 1 aliphatic heterocycles. The normalized spacial score (nSPS) is 20.2. The maximum Gasteiger partial charge on any atom is 0.228 e. The third kappa shape index (κ3) is 4.02. The Hall–Kier alpha value is -2.05. The predicted molar refractivity (Wildman–Crippen MR) is 91.4 cm³/mol. The summed E-state index contributed by atoms with van der Waals surface area (Å²) in [7, 11) is 0. The van der Waals surface area contributed by atoms with Crippen molar-refractivity contribution >= 4 is 0 Å². The van der Waals surface area contributed by atoms with Crippen molar-refractivity contribution in [2.24, 2.45) is 5.92 Å². The number of benzene rings is 2. The zero-order valence-corrected chi connectivity index (χ0v) is 14.5. The summed E-state index contributed by atoms with van der Waals surface area (Å²) in [5.74, 6) is -2.31.